The molecular weight excluding hydrogens is 272 g/mol. The molecule has 0 aromatic heterocycles. The number of hydrogen-bond donors (Lipinski definition) is 2. The molecule has 0 spiro atoms. The summed E-state index contributed by atoms with van der Waals surface area (Å²) < 4.78 is 0. The van der Waals surface area contributed by atoms with Crippen molar-refractivity contribution < 1.29 is 4.79 Å². The SMILES string of the molecule is CC(C)c1ccc(/C=C2\NNC(=O)C2(C)C)c2ccccc12. The second-order valence-electron chi connectivity index (χ2n) is 6.71. The van der Waals surface area contributed by atoms with Crippen LogP contribution in [0.2, 0.25) is 0 Å². The van der Waals surface area contributed by atoms with Gasteiger partial charge in [-0.2, -0.15) is 0 Å². The summed E-state index contributed by atoms with van der Waals surface area (Å²) in [5, 5.41) is 2.50. The summed E-state index contributed by atoms with van der Waals surface area (Å²) in [6.07, 6.45) is 2.07. The molecular formula is C19H22N2O. The highest BCUT2D eigenvalue weighted by molar-refractivity contribution is 5.95. The van der Waals surface area contributed by atoms with Crippen molar-refractivity contribution in [2.45, 2.75) is 33.6 Å². The molecule has 114 valence electrons. The molecule has 2 aromatic carbocycles. The van der Waals surface area contributed by atoms with Crippen molar-refractivity contribution in [3.05, 3.63) is 53.2 Å². The lowest BCUT2D eigenvalue weighted by molar-refractivity contribution is -0.125. The molecule has 22 heavy (non-hydrogen) atoms. The van der Waals surface area contributed by atoms with Gasteiger partial charge in [0.15, 0.2) is 0 Å². The summed E-state index contributed by atoms with van der Waals surface area (Å²) in [6, 6.07) is 12.8. The summed E-state index contributed by atoms with van der Waals surface area (Å²) in [6.45, 7) is 8.28. The fraction of sp³-hybridized carbons (Fsp3) is 0.316. The molecule has 2 aromatic rings. The van der Waals surface area contributed by atoms with E-state index in [1.165, 1.54) is 16.3 Å². The van der Waals surface area contributed by atoms with Crippen molar-refractivity contribution in [3.63, 3.8) is 0 Å². The van der Waals surface area contributed by atoms with Gasteiger partial charge in [0.2, 0.25) is 5.91 Å². The smallest absolute Gasteiger partial charge is 0.249 e. The minimum absolute atomic E-state index is 0.00172. The zero-order valence-corrected chi connectivity index (χ0v) is 13.5. The maximum absolute atomic E-state index is 11.9. The van der Waals surface area contributed by atoms with Gasteiger partial charge >= 0.3 is 0 Å². The highest BCUT2D eigenvalue weighted by Gasteiger charge is 2.37. The van der Waals surface area contributed by atoms with Gasteiger partial charge in [0.1, 0.15) is 0 Å². The molecule has 0 aliphatic carbocycles. The van der Waals surface area contributed by atoms with Crippen molar-refractivity contribution >= 4 is 22.8 Å². The third kappa shape index (κ3) is 2.27. The first-order valence-corrected chi connectivity index (χ1v) is 7.71. The standard InChI is InChI=1S/C19H22N2O/c1-12(2)14-10-9-13(15-7-5-6-8-16(14)15)11-17-19(3,4)18(22)21-20-17/h5-12,20H,1-4H3,(H,21,22)/b17-11-. The molecule has 2 N–H and O–H groups in total. The molecule has 1 amide bonds. The molecule has 0 unspecified atom stereocenters. The van der Waals surface area contributed by atoms with Gasteiger partial charge in [-0.3, -0.25) is 10.2 Å². The van der Waals surface area contributed by atoms with E-state index in [1.807, 2.05) is 13.8 Å². The molecule has 0 radical (unpaired) electrons. The van der Waals surface area contributed by atoms with E-state index >= 15 is 0 Å². The molecule has 0 saturated carbocycles. The Kier molecular flexibility index (Phi) is 3.44. The predicted octanol–water partition coefficient (Wildman–Crippen LogP) is 3.96. The molecule has 1 fully saturated rings. The van der Waals surface area contributed by atoms with E-state index in [0.29, 0.717) is 5.92 Å². The molecule has 1 saturated heterocycles. The average Bonchev–Trinajstić information content (AvgIpc) is 2.74. The maximum Gasteiger partial charge on any atom is 0.249 e. The van der Waals surface area contributed by atoms with E-state index in [9.17, 15) is 4.79 Å². The van der Waals surface area contributed by atoms with E-state index in [-0.39, 0.29) is 5.91 Å². The summed E-state index contributed by atoms with van der Waals surface area (Å²) in [5.74, 6) is 0.484. The van der Waals surface area contributed by atoms with Crippen LogP contribution in [0, 0.1) is 5.41 Å². The summed E-state index contributed by atoms with van der Waals surface area (Å²) in [7, 11) is 0. The lowest BCUT2D eigenvalue weighted by Crippen LogP contribution is -2.28. The Hall–Kier alpha value is -2.29. The lowest BCUT2D eigenvalue weighted by atomic mass is 9.87. The minimum atomic E-state index is -0.530. The molecule has 3 heteroatoms. The second kappa shape index (κ2) is 5.16. The van der Waals surface area contributed by atoms with Crippen LogP contribution in [0.15, 0.2) is 42.1 Å². The Labute approximate surface area is 131 Å². The number of hydrazine groups is 1. The van der Waals surface area contributed by atoms with E-state index in [0.717, 1.165) is 11.3 Å². The average molecular weight is 294 g/mol. The Morgan fingerprint density at radius 2 is 1.68 bits per heavy atom. The van der Waals surface area contributed by atoms with Gasteiger partial charge in [-0.15, -0.1) is 0 Å². The molecule has 1 aliphatic rings. The minimum Gasteiger partial charge on any atom is -0.302 e. The lowest BCUT2D eigenvalue weighted by Gasteiger charge is -2.16. The quantitative estimate of drug-likeness (QED) is 0.880. The summed E-state index contributed by atoms with van der Waals surface area (Å²) in [5.41, 5.74) is 8.57. The Bertz CT molecular complexity index is 772. The molecule has 1 aliphatic heterocycles. The van der Waals surface area contributed by atoms with Crippen LogP contribution >= 0.6 is 0 Å². The van der Waals surface area contributed by atoms with Gasteiger partial charge in [0, 0.05) is 5.70 Å². The highest BCUT2D eigenvalue weighted by Crippen LogP contribution is 2.33. The third-order valence-electron chi connectivity index (χ3n) is 4.47. The maximum atomic E-state index is 11.9. The van der Waals surface area contributed by atoms with Crippen LogP contribution in [0.4, 0.5) is 0 Å². The van der Waals surface area contributed by atoms with Gasteiger partial charge in [-0.1, -0.05) is 50.2 Å². The van der Waals surface area contributed by atoms with Crippen LogP contribution in [0.3, 0.4) is 0 Å². The van der Waals surface area contributed by atoms with E-state index in [1.54, 1.807) is 0 Å². The second-order valence-corrected chi connectivity index (χ2v) is 6.71. The first kappa shape index (κ1) is 14.6. The van der Waals surface area contributed by atoms with Crippen molar-refractivity contribution in [2.24, 2.45) is 5.41 Å². The van der Waals surface area contributed by atoms with E-state index in [2.05, 4.69) is 67.2 Å². The number of rotatable bonds is 2. The molecule has 0 bridgehead atoms. The van der Waals surface area contributed by atoms with Gasteiger partial charge in [0.05, 0.1) is 5.41 Å². The Balaban J connectivity index is 2.18. The van der Waals surface area contributed by atoms with Crippen LogP contribution in [-0.4, -0.2) is 5.91 Å². The van der Waals surface area contributed by atoms with E-state index < -0.39 is 5.41 Å². The van der Waals surface area contributed by atoms with Crippen molar-refractivity contribution in [1.29, 1.82) is 0 Å². The molecule has 0 atom stereocenters. The van der Waals surface area contributed by atoms with Gasteiger partial charge in [-0.05, 0) is 47.7 Å². The zero-order valence-electron chi connectivity index (χ0n) is 13.5. The van der Waals surface area contributed by atoms with Crippen molar-refractivity contribution in [3.8, 4) is 0 Å². The molecule has 1 heterocycles. The number of carbonyl (C=O) groups is 1. The highest BCUT2D eigenvalue weighted by atomic mass is 16.2. The normalized spacial score (nSPS) is 18.8. The van der Waals surface area contributed by atoms with Crippen LogP contribution in [0.25, 0.3) is 16.8 Å². The third-order valence-corrected chi connectivity index (χ3v) is 4.47. The Morgan fingerprint density at radius 3 is 2.27 bits per heavy atom. The predicted molar refractivity (Wildman–Crippen MR) is 91.1 cm³/mol. The number of hydrogen-bond acceptors (Lipinski definition) is 2. The monoisotopic (exact) mass is 294 g/mol. The number of fused-ring (bicyclic) bond motifs is 1. The topological polar surface area (TPSA) is 41.1 Å². The van der Waals surface area contributed by atoms with Crippen LogP contribution in [-0.2, 0) is 4.79 Å². The fourth-order valence-electron chi connectivity index (χ4n) is 2.91. The first-order valence-electron chi connectivity index (χ1n) is 7.71. The summed E-state index contributed by atoms with van der Waals surface area (Å²) in [4.78, 5) is 11.9. The van der Waals surface area contributed by atoms with Gasteiger partial charge < -0.3 is 5.43 Å². The first-order chi connectivity index (χ1) is 10.4. The van der Waals surface area contributed by atoms with Crippen molar-refractivity contribution in [2.75, 3.05) is 0 Å². The van der Waals surface area contributed by atoms with Gasteiger partial charge in [-0.25, -0.2) is 0 Å². The molecule has 3 nitrogen and oxygen atoms in total. The number of carbonyl (C=O) groups excluding carboxylic acids is 1. The van der Waals surface area contributed by atoms with Crippen LogP contribution < -0.4 is 10.9 Å². The largest absolute Gasteiger partial charge is 0.302 e. The van der Waals surface area contributed by atoms with E-state index in [4.69, 9.17) is 0 Å². The fourth-order valence-corrected chi connectivity index (χ4v) is 2.91. The van der Waals surface area contributed by atoms with Crippen LogP contribution in [0.5, 0.6) is 0 Å². The van der Waals surface area contributed by atoms with Crippen molar-refractivity contribution in [1.82, 2.24) is 10.9 Å². The zero-order chi connectivity index (χ0) is 15.9. The number of amides is 1. The molecule has 3 rings (SSSR count). The summed E-state index contributed by atoms with van der Waals surface area (Å²) >= 11 is 0. The van der Waals surface area contributed by atoms with Gasteiger partial charge in [0.25, 0.3) is 0 Å². The number of benzene rings is 2. The number of nitrogens with one attached hydrogen (secondary N) is 2. The van der Waals surface area contributed by atoms with Crippen LogP contribution in [0.1, 0.15) is 44.7 Å². The Morgan fingerprint density at radius 1 is 1.00 bits per heavy atom.